The third-order valence-electron chi connectivity index (χ3n) is 2.48. The molecular formula is C10H11BrFNO4S. The van der Waals surface area contributed by atoms with E-state index in [9.17, 15) is 17.6 Å². The quantitative estimate of drug-likeness (QED) is 0.905. The normalized spacial score (nSPS) is 13.6. The van der Waals surface area contributed by atoms with Crippen LogP contribution >= 0.6 is 15.9 Å². The van der Waals surface area contributed by atoms with Crippen molar-refractivity contribution in [3.8, 4) is 0 Å². The number of benzene rings is 1. The number of halogens is 2. The highest BCUT2D eigenvalue weighted by molar-refractivity contribution is 9.10. The topological polar surface area (TPSA) is 74.7 Å². The van der Waals surface area contributed by atoms with Gasteiger partial charge in [-0.1, -0.05) is 6.07 Å². The molecule has 0 aromatic heterocycles. The number of hydrogen-bond donors (Lipinski definition) is 1. The summed E-state index contributed by atoms with van der Waals surface area (Å²) in [6.45, 7) is 1.20. The Hall–Kier alpha value is -0.990. The van der Waals surface area contributed by atoms with Crippen molar-refractivity contribution >= 4 is 31.9 Å². The van der Waals surface area contributed by atoms with Gasteiger partial charge in [0.25, 0.3) is 0 Å². The minimum atomic E-state index is -4.19. The van der Waals surface area contributed by atoms with Crippen molar-refractivity contribution in [3.63, 3.8) is 0 Å². The Labute approximate surface area is 112 Å². The van der Waals surface area contributed by atoms with Gasteiger partial charge in [-0.25, -0.2) is 12.8 Å². The first-order chi connectivity index (χ1) is 8.19. The number of sulfonamides is 1. The molecule has 8 heteroatoms. The summed E-state index contributed by atoms with van der Waals surface area (Å²) < 4.78 is 38.4. The Bertz CT molecular complexity index is 575. The highest BCUT2D eigenvalue weighted by Gasteiger charge is 2.31. The average molecular weight is 340 g/mol. The Balaban J connectivity index is 3.30. The lowest BCUT2D eigenvalue weighted by Crippen LogP contribution is -2.40. The monoisotopic (exact) mass is 339 g/mol. The van der Waals surface area contributed by atoms with E-state index in [4.69, 9.17) is 5.11 Å². The van der Waals surface area contributed by atoms with Gasteiger partial charge in [0.2, 0.25) is 10.0 Å². The Morgan fingerprint density at radius 3 is 2.56 bits per heavy atom. The molecule has 5 nitrogen and oxygen atoms in total. The van der Waals surface area contributed by atoms with Gasteiger partial charge in [-0.05, 0) is 35.0 Å². The lowest BCUT2D eigenvalue weighted by atomic mass is 10.3. The molecule has 100 valence electrons. The maximum atomic E-state index is 13.7. The average Bonchev–Trinajstić information content (AvgIpc) is 2.30. The van der Waals surface area contributed by atoms with Gasteiger partial charge in [0.1, 0.15) is 10.9 Å². The van der Waals surface area contributed by atoms with Crippen LogP contribution in [0, 0.1) is 5.82 Å². The van der Waals surface area contributed by atoms with E-state index < -0.39 is 32.7 Å². The lowest BCUT2D eigenvalue weighted by Gasteiger charge is -2.21. The summed E-state index contributed by atoms with van der Waals surface area (Å²) in [6.07, 6.45) is 0. The Morgan fingerprint density at radius 2 is 2.06 bits per heavy atom. The van der Waals surface area contributed by atoms with E-state index in [2.05, 4.69) is 15.9 Å². The number of carboxylic acid groups (broad SMARTS) is 1. The minimum absolute atomic E-state index is 0.0000435. The molecule has 1 aromatic carbocycles. The molecular weight excluding hydrogens is 329 g/mol. The Morgan fingerprint density at radius 1 is 1.50 bits per heavy atom. The first kappa shape index (κ1) is 15.1. The van der Waals surface area contributed by atoms with Crippen molar-refractivity contribution in [1.82, 2.24) is 4.31 Å². The zero-order valence-corrected chi connectivity index (χ0v) is 12.0. The van der Waals surface area contributed by atoms with Gasteiger partial charge in [0.05, 0.1) is 4.47 Å². The molecule has 0 heterocycles. The molecule has 0 fully saturated rings. The predicted molar refractivity (Wildman–Crippen MR) is 66.1 cm³/mol. The van der Waals surface area contributed by atoms with E-state index >= 15 is 0 Å². The summed E-state index contributed by atoms with van der Waals surface area (Å²) >= 11 is 2.88. The largest absolute Gasteiger partial charge is 0.480 e. The van der Waals surface area contributed by atoms with Gasteiger partial charge in [-0.2, -0.15) is 4.31 Å². The SMILES string of the molecule is CC(C(=O)O)N(C)S(=O)(=O)c1cccc(Br)c1F. The second-order valence-electron chi connectivity index (χ2n) is 3.59. The van der Waals surface area contributed by atoms with Crippen LogP contribution in [0.3, 0.4) is 0 Å². The number of carboxylic acids is 1. The van der Waals surface area contributed by atoms with Crippen molar-refractivity contribution in [2.75, 3.05) is 7.05 Å². The van der Waals surface area contributed by atoms with Gasteiger partial charge in [-0.3, -0.25) is 4.79 Å². The molecule has 1 N–H and O–H groups in total. The van der Waals surface area contributed by atoms with E-state index in [0.29, 0.717) is 4.31 Å². The number of rotatable bonds is 4. The van der Waals surface area contributed by atoms with Crippen molar-refractivity contribution in [2.24, 2.45) is 0 Å². The zero-order chi connectivity index (χ0) is 14.1. The van der Waals surface area contributed by atoms with Crippen molar-refractivity contribution in [1.29, 1.82) is 0 Å². The first-order valence-corrected chi connectivity index (χ1v) is 7.07. The summed E-state index contributed by atoms with van der Waals surface area (Å²) in [6, 6.07) is 2.52. The van der Waals surface area contributed by atoms with Gasteiger partial charge in [0.15, 0.2) is 5.82 Å². The van der Waals surface area contributed by atoms with Gasteiger partial charge >= 0.3 is 5.97 Å². The molecule has 1 aromatic rings. The van der Waals surface area contributed by atoms with Crippen LogP contribution in [0.15, 0.2) is 27.6 Å². The third kappa shape index (κ3) is 2.70. The van der Waals surface area contributed by atoms with Crippen LogP contribution in [0.4, 0.5) is 4.39 Å². The number of carbonyl (C=O) groups is 1. The lowest BCUT2D eigenvalue weighted by molar-refractivity contribution is -0.140. The number of likely N-dealkylation sites (N-methyl/N-ethyl adjacent to an activating group) is 1. The molecule has 1 atom stereocenters. The van der Waals surface area contributed by atoms with Crippen LogP contribution in [0.2, 0.25) is 0 Å². The third-order valence-corrected chi connectivity index (χ3v) is 5.03. The minimum Gasteiger partial charge on any atom is -0.480 e. The molecule has 0 saturated heterocycles. The van der Waals surface area contributed by atoms with E-state index in [1.54, 1.807) is 0 Å². The van der Waals surface area contributed by atoms with E-state index in [-0.39, 0.29) is 4.47 Å². The zero-order valence-electron chi connectivity index (χ0n) is 9.59. The number of nitrogens with zero attached hydrogens (tertiary/aromatic N) is 1. The maximum absolute atomic E-state index is 13.7. The second kappa shape index (κ2) is 5.33. The summed E-state index contributed by atoms with van der Waals surface area (Å²) in [5, 5.41) is 8.78. The maximum Gasteiger partial charge on any atom is 0.321 e. The molecule has 1 unspecified atom stereocenters. The number of aliphatic carboxylic acids is 1. The van der Waals surface area contributed by atoms with E-state index in [1.165, 1.54) is 19.1 Å². The van der Waals surface area contributed by atoms with Crippen LogP contribution in [0.1, 0.15) is 6.92 Å². The van der Waals surface area contributed by atoms with Crippen molar-refractivity contribution in [3.05, 3.63) is 28.5 Å². The second-order valence-corrected chi connectivity index (χ2v) is 6.41. The van der Waals surface area contributed by atoms with Crippen LogP contribution in [0.25, 0.3) is 0 Å². The first-order valence-electron chi connectivity index (χ1n) is 4.84. The fraction of sp³-hybridized carbons (Fsp3) is 0.300. The van der Waals surface area contributed by atoms with E-state index in [0.717, 1.165) is 13.1 Å². The summed E-state index contributed by atoms with van der Waals surface area (Å²) in [5.74, 6) is -2.25. The summed E-state index contributed by atoms with van der Waals surface area (Å²) in [7, 11) is -3.10. The van der Waals surface area contributed by atoms with E-state index in [1.807, 2.05) is 0 Å². The molecule has 0 bridgehead atoms. The highest BCUT2D eigenvalue weighted by atomic mass is 79.9. The standard InChI is InChI=1S/C10H11BrFNO4S/c1-6(10(14)15)13(2)18(16,17)8-5-3-4-7(11)9(8)12/h3-6H,1-2H3,(H,14,15). The summed E-state index contributed by atoms with van der Waals surface area (Å²) in [5.41, 5.74) is 0. The summed E-state index contributed by atoms with van der Waals surface area (Å²) in [4.78, 5) is 10.2. The van der Waals surface area contributed by atoms with Crippen LogP contribution < -0.4 is 0 Å². The fourth-order valence-corrected chi connectivity index (χ4v) is 3.10. The van der Waals surface area contributed by atoms with Gasteiger partial charge in [0, 0.05) is 7.05 Å². The Kier molecular flexibility index (Phi) is 4.46. The van der Waals surface area contributed by atoms with Crippen LogP contribution in [-0.4, -0.2) is 36.9 Å². The fourth-order valence-electron chi connectivity index (χ4n) is 1.20. The molecule has 0 aliphatic heterocycles. The molecule has 0 aliphatic rings. The molecule has 0 spiro atoms. The molecule has 0 radical (unpaired) electrons. The van der Waals surface area contributed by atoms with Crippen LogP contribution in [0.5, 0.6) is 0 Å². The molecule has 0 aliphatic carbocycles. The molecule has 18 heavy (non-hydrogen) atoms. The molecule has 1 rings (SSSR count). The predicted octanol–water partition coefficient (Wildman–Crippen LogP) is 1.68. The van der Waals surface area contributed by atoms with Crippen molar-refractivity contribution < 1.29 is 22.7 Å². The molecule has 0 saturated carbocycles. The molecule has 0 amide bonds. The highest BCUT2D eigenvalue weighted by Crippen LogP contribution is 2.25. The van der Waals surface area contributed by atoms with Crippen molar-refractivity contribution in [2.45, 2.75) is 17.9 Å². The number of hydrogen-bond acceptors (Lipinski definition) is 3. The smallest absolute Gasteiger partial charge is 0.321 e. The van der Waals surface area contributed by atoms with Crippen LogP contribution in [-0.2, 0) is 14.8 Å². The van der Waals surface area contributed by atoms with Gasteiger partial charge in [-0.15, -0.1) is 0 Å². The van der Waals surface area contributed by atoms with Gasteiger partial charge < -0.3 is 5.11 Å².